The van der Waals surface area contributed by atoms with Gasteiger partial charge < -0.3 is 9.80 Å². The fraction of sp³-hybridized carbons (Fsp3) is 0.236. The minimum Gasteiger partial charge on any atom is -0.311 e. The quantitative estimate of drug-likeness (QED) is 0.165. The molecular formula is C55H55BN2. The van der Waals surface area contributed by atoms with Crippen molar-refractivity contribution >= 4 is 57.2 Å². The van der Waals surface area contributed by atoms with Crippen molar-refractivity contribution < 1.29 is 0 Å². The van der Waals surface area contributed by atoms with Gasteiger partial charge in [0.1, 0.15) is 0 Å². The summed E-state index contributed by atoms with van der Waals surface area (Å²) in [6.45, 7) is 23.2. The van der Waals surface area contributed by atoms with Crippen molar-refractivity contribution in [3.63, 3.8) is 0 Å². The molecule has 0 amide bonds. The van der Waals surface area contributed by atoms with Gasteiger partial charge in [-0.2, -0.15) is 0 Å². The molecule has 0 N–H and O–H groups in total. The minimum absolute atomic E-state index is 0.0133. The van der Waals surface area contributed by atoms with E-state index >= 15 is 0 Å². The number of rotatable bonds is 4. The van der Waals surface area contributed by atoms with Crippen molar-refractivity contribution in [1.82, 2.24) is 0 Å². The molecule has 3 heteroatoms. The van der Waals surface area contributed by atoms with E-state index in [0.717, 1.165) is 0 Å². The molecule has 0 saturated heterocycles. The predicted molar refractivity (Wildman–Crippen MR) is 252 cm³/mol. The summed E-state index contributed by atoms with van der Waals surface area (Å²) < 4.78 is 0. The first-order valence-corrected chi connectivity index (χ1v) is 21.0. The second kappa shape index (κ2) is 13.7. The number of benzene rings is 7. The summed E-state index contributed by atoms with van der Waals surface area (Å²) in [6, 6.07) is 57.5. The Kier molecular flexibility index (Phi) is 8.89. The van der Waals surface area contributed by atoms with Crippen LogP contribution in [0, 0.1) is 6.92 Å². The highest BCUT2D eigenvalue weighted by Gasteiger charge is 2.45. The molecule has 7 aromatic rings. The maximum atomic E-state index is 2.62. The van der Waals surface area contributed by atoms with Gasteiger partial charge in [0.2, 0.25) is 0 Å². The van der Waals surface area contributed by atoms with E-state index in [1.54, 1.807) is 0 Å². The third-order valence-electron chi connectivity index (χ3n) is 12.4. The van der Waals surface area contributed by atoms with Gasteiger partial charge in [-0.05, 0) is 109 Å². The fourth-order valence-corrected chi connectivity index (χ4v) is 9.19. The first-order valence-electron chi connectivity index (χ1n) is 21.0. The smallest absolute Gasteiger partial charge is 0.252 e. The molecule has 2 nitrogen and oxygen atoms in total. The molecule has 0 unspecified atom stereocenters. The van der Waals surface area contributed by atoms with Crippen molar-refractivity contribution in [2.75, 3.05) is 9.80 Å². The van der Waals surface area contributed by atoms with Gasteiger partial charge in [0.05, 0.1) is 5.69 Å². The average Bonchev–Trinajstić information content (AvgIpc) is 3.19. The zero-order chi connectivity index (χ0) is 40.7. The van der Waals surface area contributed by atoms with Gasteiger partial charge in [0.25, 0.3) is 6.71 Å². The van der Waals surface area contributed by atoms with E-state index in [9.17, 15) is 0 Å². The Hall–Kier alpha value is -5.80. The average molecular weight is 755 g/mol. The molecule has 9 rings (SSSR count). The van der Waals surface area contributed by atoms with E-state index < -0.39 is 0 Å². The molecule has 0 spiro atoms. The van der Waals surface area contributed by atoms with Gasteiger partial charge >= 0.3 is 0 Å². The Labute approximate surface area is 347 Å². The lowest BCUT2D eigenvalue weighted by Gasteiger charge is -2.46. The first-order chi connectivity index (χ1) is 27.6. The van der Waals surface area contributed by atoms with Gasteiger partial charge in [-0.1, -0.05) is 178 Å². The number of hydrogen-bond donors (Lipinski definition) is 0. The summed E-state index contributed by atoms with van der Waals surface area (Å²) in [5.41, 5.74) is 21.5. The van der Waals surface area contributed by atoms with Crippen LogP contribution in [-0.4, -0.2) is 6.71 Å². The number of aryl methyl sites for hydroxylation is 1. The molecule has 2 aliphatic heterocycles. The molecule has 58 heavy (non-hydrogen) atoms. The number of nitrogens with zero attached hydrogens (tertiary/aromatic N) is 2. The lowest BCUT2D eigenvalue weighted by Crippen LogP contribution is -2.61. The summed E-state index contributed by atoms with van der Waals surface area (Å²) in [6.07, 6.45) is 0. The van der Waals surface area contributed by atoms with E-state index in [1.807, 2.05) is 0 Å². The van der Waals surface area contributed by atoms with Crippen LogP contribution >= 0.6 is 0 Å². The molecule has 2 heterocycles. The Morgan fingerprint density at radius 2 is 0.828 bits per heavy atom. The van der Waals surface area contributed by atoms with Crippen LogP contribution in [0.5, 0.6) is 0 Å². The minimum atomic E-state index is -0.0288. The molecule has 0 atom stereocenters. The monoisotopic (exact) mass is 754 g/mol. The van der Waals surface area contributed by atoms with E-state index in [4.69, 9.17) is 0 Å². The molecular weight excluding hydrogens is 699 g/mol. The Morgan fingerprint density at radius 3 is 1.29 bits per heavy atom. The molecule has 0 bridgehead atoms. The summed E-state index contributed by atoms with van der Waals surface area (Å²) in [4.78, 5) is 5.17. The highest BCUT2D eigenvalue weighted by atomic mass is 15.2. The zero-order valence-corrected chi connectivity index (χ0v) is 35.9. The van der Waals surface area contributed by atoms with Crippen molar-refractivity contribution in [2.45, 2.75) is 85.5 Å². The fourth-order valence-electron chi connectivity index (χ4n) is 9.19. The van der Waals surface area contributed by atoms with E-state index in [2.05, 4.69) is 231 Å². The van der Waals surface area contributed by atoms with Crippen LogP contribution in [0.15, 0.2) is 152 Å². The summed E-state index contributed by atoms with van der Waals surface area (Å²) in [5.74, 6) is 0. The molecule has 7 aromatic carbocycles. The van der Waals surface area contributed by atoms with Crippen molar-refractivity contribution in [3.8, 4) is 22.3 Å². The van der Waals surface area contributed by atoms with E-state index in [-0.39, 0.29) is 23.0 Å². The Morgan fingerprint density at radius 1 is 0.397 bits per heavy atom. The van der Waals surface area contributed by atoms with Crippen LogP contribution in [-0.2, 0) is 16.2 Å². The highest BCUT2D eigenvalue weighted by Crippen LogP contribution is 2.50. The lowest BCUT2D eigenvalue weighted by molar-refractivity contribution is 0.590. The van der Waals surface area contributed by atoms with Gasteiger partial charge in [0, 0.05) is 39.6 Å². The van der Waals surface area contributed by atoms with Crippen LogP contribution in [0.4, 0.5) is 34.1 Å². The molecule has 2 aliphatic rings. The standard InChI is InChI=1S/C55H55BN2/c1-36-32-49-51-50(33-36)58(52-43(37-18-13-11-14-19-37)22-17-23-44(52)38-20-15-12-16-21-38)48-31-27-41(55(8,9)10)35-46(48)56(51)45-34-40(54(5,6)7)26-30-47(45)57(49)42-28-24-39(25-29-42)53(2,3)4/h11-35H,1-10H3. The van der Waals surface area contributed by atoms with Crippen LogP contribution in [0.2, 0.25) is 0 Å². The summed E-state index contributed by atoms with van der Waals surface area (Å²) >= 11 is 0. The SMILES string of the molecule is Cc1cc2c3c(c1)N(c1c(-c4ccccc4)cccc1-c1ccccc1)c1ccc(C(C)(C)C)cc1B3c1cc(C(C)(C)C)ccc1N2c1ccc(C(C)(C)C)cc1. The first kappa shape index (κ1) is 37.8. The van der Waals surface area contributed by atoms with Crippen LogP contribution < -0.4 is 26.2 Å². The number of anilines is 6. The third kappa shape index (κ3) is 6.36. The lowest BCUT2D eigenvalue weighted by atomic mass is 9.33. The van der Waals surface area contributed by atoms with Gasteiger partial charge in [0.15, 0.2) is 0 Å². The van der Waals surface area contributed by atoms with Gasteiger partial charge in [-0.25, -0.2) is 0 Å². The molecule has 0 saturated carbocycles. The van der Waals surface area contributed by atoms with E-state index in [0.29, 0.717) is 0 Å². The molecule has 0 radical (unpaired) electrons. The van der Waals surface area contributed by atoms with Crippen molar-refractivity contribution in [2.24, 2.45) is 0 Å². The van der Waals surface area contributed by atoms with Crippen LogP contribution in [0.25, 0.3) is 22.3 Å². The van der Waals surface area contributed by atoms with Crippen molar-refractivity contribution in [1.29, 1.82) is 0 Å². The summed E-state index contributed by atoms with van der Waals surface area (Å²) in [7, 11) is 0. The topological polar surface area (TPSA) is 6.48 Å². The summed E-state index contributed by atoms with van der Waals surface area (Å²) in [5, 5.41) is 0. The van der Waals surface area contributed by atoms with Gasteiger partial charge in [-0.3, -0.25) is 0 Å². The largest absolute Gasteiger partial charge is 0.311 e. The Bertz CT molecular complexity index is 2610. The molecule has 288 valence electrons. The second-order valence-corrected chi connectivity index (χ2v) is 19.6. The van der Waals surface area contributed by atoms with E-state index in [1.165, 1.54) is 95.0 Å². The Balaban J connectivity index is 1.42. The third-order valence-corrected chi connectivity index (χ3v) is 12.4. The maximum absolute atomic E-state index is 2.62. The molecule has 0 aromatic heterocycles. The normalized spacial score (nSPS) is 13.6. The van der Waals surface area contributed by atoms with Crippen LogP contribution in [0.1, 0.15) is 84.6 Å². The second-order valence-electron chi connectivity index (χ2n) is 19.6. The van der Waals surface area contributed by atoms with Gasteiger partial charge in [-0.15, -0.1) is 0 Å². The highest BCUT2D eigenvalue weighted by molar-refractivity contribution is 7.00. The predicted octanol–water partition coefficient (Wildman–Crippen LogP) is 13.3. The molecule has 0 fully saturated rings. The number of fused-ring (bicyclic) bond motifs is 4. The maximum Gasteiger partial charge on any atom is 0.252 e. The zero-order valence-electron chi connectivity index (χ0n) is 35.9. The molecule has 0 aliphatic carbocycles. The van der Waals surface area contributed by atoms with Crippen molar-refractivity contribution in [3.05, 3.63) is 174 Å². The van der Waals surface area contributed by atoms with Crippen LogP contribution in [0.3, 0.4) is 0 Å². The number of para-hydroxylation sites is 1. The number of hydrogen-bond acceptors (Lipinski definition) is 2.